The molecule has 0 saturated heterocycles. The Labute approximate surface area is 120 Å². The van der Waals surface area contributed by atoms with Crippen LogP contribution in [0.5, 0.6) is 0 Å². The quantitative estimate of drug-likeness (QED) is 0.772. The fraction of sp³-hybridized carbons (Fsp3) is 0.231. The summed E-state index contributed by atoms with van der Waals surface area (Å²) in [6.07, 6.45) is 0. The third kappa shape index (κ3) is 2.51. The van der Waals surface area contributed by atoms with Crippen molar-refractivity contribution >= 4 is 34.5 Å². The Hall–Kier alpha value is -1.08. The van der Waals surface area contributed by atoms with Crippen LogP contribution in [-0.4, -0.2) is 4.98 Å². The van der Waals surface area contributed by atoms with Gasteiger partial charge in [0.2, 0.25) is 0 Å². The van der Waals surface area contributed by atoms with Crippen LogP contribution in [0, 0.1) is 11.3 Å². The highest BCUT2D eigenvalue weighted by Crippen LogP contribution is 2.35. The molecule has 0 spiro atoms. The van der Waals surface area contributed by atoms with Gasteiger partial charge in [0.15, 0.2) is 0 Å². The fourth-order valence-corrected chi connectivity index (χ4v) is 3.19. The van der Waals surface area contributed by atoms with E-state index in [0.717, 1.165) is 16.3 Å². The predicted molar refractivity (Wildman–Crippen MR) is 76.4 cm³/mol. The molecule has 0 aliphatic rings. The second-order valence-electron chi connectivity index (χ2n) is 4.12. The van der Waals surface area contributed by atoms with Crippen LogP contribution in [0.1, 0.15) is 30.3 Å². The van der Waals surface area contributed by atoms with Crippen molar-refractivity contribution in [3.63, 3.8) is 0 Å². The molecule has 2 aromatic rings. The van der Waals surface area contributed by atoms with E-state index in [2.05, 4.69) is 11.1 Å². The first-order valence-electron chi connectivity index (χ1n) is 5.39. The number of rotatable bonds is 2. The van der Waals surface area contributed by atoms with Crippen LogP contribution < -0.4 is 0 Å². The Morgan fingerprint density at radius 1 is 1.33 bits per heavy atom. The largest absolute Gasteiger partial charge is 0.239 e. The molecule has 0 amide bonds. The minimum atomic E-state index is 0.218. The van der Waals surface area contributed by atoms with Gasteiger partial charge in [-0.2, -0.15) is 5.26 Å². The molecule has 18 heavy (non-hydrogen) atoms. The van der Waals surface area contributed by atoms with Gasteiger partial charge in [-0.1, -0.05) is 37.0 Å². The number of halogens is 2. The van der Waals surface area contributed by atoms with Crippen molar-refractivity contribution in [1.82, 2.24) is 4.98 Å². The lowest BCUT2D eigenvalue weighted by atomic mass is 10.1. The van der Waals surface area contributed by atoms with Gasteiger partial charge in [0.05, 0.1) is 10.7 Å². The summed E-state index contributed by atoms with van der Waals surface area (Å²) < 4.78 is 0. The third-order valence-corrected chi connectivity index (χ3v) is 4.02. The van der Waals surface area contributed by atoms with Gasteiger partial charge in [-0.3, -0.25) is 0 Å². The number of hydrogen-bond donors (Lipinski definition) is 0. The van der Waals surface area contributed by atoms with Crippen molar-refractivity contribution in [2.75, 3.05) is 0 Å². The van der Waals surface area contributed by atoms with Crippen molar-refractivity contribution in [2.24, 2.45) is 0 Å². The van der Waals surface area contributed by atoms with E-state index >= 15 is 0 Å². The summed E-state index contributed by atoms with van der Waals surface area (Å²) in [6.45, 7) is 4.03. The monoisotopic (exact) mass is 296 g/mol. The molecule has 1 aromatic heterocycles. The summed E-state index contributed by atoms with van der Waals surface area (Å²) in [6, 6.07) is 7.46. The summed E-state index contributed by atoms with van der Waals surface area (Å²) >= 11 is 13.4. The van der Waals surface area contributed by atoms with Crippen molar-refractivity contribution in [2.45, 2.75) is 19.8 Å². The highest BCUT2D eigenvalue weighted by Gasteiger charge is 2.16. The zero-order valence-corrected chi connectivity index (χ0v) is 12.2. The summed E-state index contributed by atoms with van der Waals surface area (Å²) in [5, 5.41) is 11.0. The first kappa shape index (κ1) is 13.4. The maximum absolute atomic E-state index is 9.11. The second-order valence-corrected chi connectivity index (χ2v) is 5.97. The van der Waals surface area contributed by atoms with Gasteiger partial charge >= 0.3 is 0 Å². The standard InChI is InChI=1S/C13H10Cl2N2S/c1-7(2)12-11(6-16)18-13(17-12)9-4-3-8(14)5-10(9)15/h3-5,7H,1-2H3. The Bertz CT molecular complexity index is 626. The highest BCUT2D eigenvalue weighted by molar-refractivity contribution is 7.15. The molecule has 2 nitrogen and oxygen atoms in total. The molecule has 0 aliphatic heterocycles. The Morgan fingerprint density at radius 3 is 2.56 bits per heavy atom. The van der Waals surface area contributed by atoms with Gasteiger partial charge in [0.25, 0.3) is 0 Å². The van der Waals surface area contributed by atoms with Gasteiger partial charge < -0.3 is 0 Å². The molecule has 0 bridgehead atoms. The molecule has 5 heteroatoms. The molecule has 2 rings (SSSR count). The maximum atomic E-state index is 9.11. The number of benzene rings is 1. The average Bonchev–Trinajstić information content (AvgIpc) is 2.73. The van der Waals surface area contributed by atoms with E-state index < -0.39 is 0 Å². The molecule has 0 aliphatic carbocycles. The Balaban J connectivity index is 2.55. The van der Waals surface area contributed by atoms with Gasteiger partial charge in [-0.25, -0.2) is 4.98 Å². The van der Waals surface area contributed by atoms with Crippen LogP contribution in [0.4, 0.5) is 0 Å². The highest BCUT2D eigenvalue weighted by atomic mass is 35.5. The smallest absolute Gasteiger partial charge is 0.128 e. The molecule has 0 unspecified atom stereocenters. The van der Waals surface area contributed by atoms with E-state index in [9.17, 15) is 0 Å². The van der Waals surface area contributed by atoms with Crippen molar-refractivity contribution in [3.05, 3.63) is 38.8 Å². The summed E-state index contributed by atoms with van der Waals surface area (Å²) in [4.78, 5) is 5.15. The van der Waals surface area contributed by atoms with Gasteiger partial charge in [0.1, 0.15) is 16.0 Å². The van der Waals surface area contributed by atoms with Crippen molar-refractivity contribution < 1.29 is 0 Å². The zero-order valence-electron chi connectivity index (χ0n) is 9.87. The first-order chi connectivity index (χ1) is 8.52. The van der Waals surface area contributed by atoms with Crippen molar-refractivity contribution in [3.8, 4) is 16.6 Å². The SMILES string of the molecule is CC(C)c1nc(-c2ccc(Cl)cc2Cl)sc1C#N. The number of thiazole rings is 1. The summed E-state index contributed by atoms with van der Waals surface area (Å²) in [5.74, 6) is 0.218. The van der Waals surface area contributed by atoms with E-state index in [-0.39, 0.29) is 5.92 Å². The molecular formula is C13H10Cl2N2S. The van der Waals surface area contributed by atoms with E-state index in [0.29, 0.717) is 14.9 Å². The number of nitriles is 1. The van der Waals surface area contributed by atoms with E-state index in [4.69, 9.17) is 28.5 Å². The van der Waals surface area contributed by atoms with Gasteiger partial charge in [0, 0.05) is 10.6 Å². The van der Waals surface area contributed by atoms with Crippen LogP contribution in [-0.2, 0) is 0 Å². The van der Waals surface area contributed by atoms with Crippen LogP contribution >= 0.6 is 34.5 Å². The summed E-state index contributed by atoms with van der Waals surface area (Å²) in [5.41, 5.74) is 1.64. The summed E-state index contributed by atoms with van der Waals surface area (Å²) in [7, 11) is 0. The third-order valence-electron chi connectivity index (χ3n) is 2.46. The minimum absolute atomic E-state index is 0.218. The maximum Gasteiger partial charge on any atom is 0.128 e. The fourth-order valence-electron chi connectivity index (χ4n) is 1.58. The number of hydrogen-bond acceptors (Lipinski definition) is 3. The van der Waals surface area contributed by atoms with Crippen LogP contribution in [0.15, 0.2) is 18.2 Å². The molecule has 1 aromatic carbocycles. The zero-order chi connectivity index (χ0) is 13.3. The van der Waals surface area contributed by atoms with Crippen LogP contribution in [0.25, 0.3) is 10.6 Å². The Kier molecular flexibility index (Phi) is 3.91. The predicted octanol–water partition coefficient (Wildman–Crippen LogP) is 5.11. The lowest BCUT2D eigenvalue weighted by Crippen LogP contribution is -1.90. The van der Waals surface area contributed by atoms with E-state index in [1.807, 2.05) is 19.9 Å². The molecule has 0 radical (unpaired) electrons. The molecular weight excluding hydrogens is 287 g/mol. The number of nitrogens with zero attached hydrogens (tertiary/aromatic N) is 2. The second kappa shape index (κ2) is 5.27. The van der Waals surface area contributed by atoms with Gasteiger partial charge in [-0.15, -0.1) is 11.3 Å². The number of aromatic nitrogens is 1. The van der Waals surface area contributed by atoms with Crippen LogP contribution in [0.3, 0.4) is 0 Å². The van der Waals surface area contributed by atoms with E-state index in [1.54, 1.807) is 12.1 Å². The molecule has 0 saturated carbocycles. The topological polar surface area (TPSA) is 36.7 Å². The molecule has 92 valence electrons. The van der Waals surface area contributed by atoms with Crippen molar-refractivity contribution in [1.29, 1.82) is 5.26 Å². The lowest BCUT2D eigenvalue weighted by molar-refractivity contribution is 0.831. The first-order valence-corrected chi connectivity index (χ1v) is 6.96. The molecule has 0 atom stereocenters. The molecule has 1 heterocycles. The molecule has 0 fully saturated rings. The molecule has 0 N–H and O–H groups in total. The van der Waals surface area contributed by atoms with Gasteiger partial charge in [-0.05, 0) is 24.1 Å². The van der Waals surface area contributed by atoms with E-state index in [1.165, 1.54) is 11.3 Å². The Morgan fingerprint density at radius 2 is 2.06 bits per heavy atom. The average molecular weight is 297 g/mol. The normalized spacial score (nSPS) is 10.7. The van der Waals surface area contributed by atoms with Crippen LogP contribution in [0.2, 0.25) is 10.0 Å². The minimum Gasteiger partial charge on any atom is -0.239 e. The lowest BCUT2D eigenvalue weighted by Gasteiger charge is -2.01.